The Hall–Kier alpha value is -3.01. The van der Waals surface area contributed by atoms with E-state index in [0.29, 0.717) is 44.1 Å². The van der Waals surface area contributed by atoms with Crippen LogP contribution in [0, 0.1) is 17.8 Å². The summed E-state index contributed by atoms with van der Waals surface area (Å²) in [6.07, 6.45) is 1.33. The molecular formula is C19H22N4O3. The van der Waals surface area contributed by atoms with Gasteiger partial charge < -0.3 is 15.0 Å². The van der Waals surface area contributed by atoms with Crippen LogP contribution in [-0.2, 0) is 9.59 Å². The first-order chi connectivity index (χ1) is 12.6. The highest BCUT2D eigenvalue weighted by Gasteiger charge is 2.26. The van der Waals surface area contributed by atoms with Gasteiger partial charge in [0.15, 0.2) is 5.82 Å². The van der Waals surface area contributed by atoms with Gasteiger partial charge in [0.2, 0.25) is 11.8 Å². The van der Waals surface area contributed by atoms with Crippen molar-refractivity contribution >= 4 is 28.5 Å². The zero-order valence-electron chi connectivity index (χ0n) is 15.0. The van der Waals surface area contributed by atoms with Crippen molar-refractivity contribution in [1.29, 1.82) is 0 Å². The Balaban J connectivity index is 1.68. The molecule has 0 bridgehead atoms. The molecule has 0 atom stereocenters. The van der Waals surface area contributed by atoms with E-state index in [-0.39, 0.29) is 17.7 Å². The zero-order valence-corrected chi connectivity index (χ0v) is 15.0. The second-order valence-corrected chi connectivity index (χ2v) is 6.26. The standard InChI is InChI=1S/C19H22N4O3/c1-3-4-11-26-15-5-6-17-16(12-15)18(22-21-17)20-19(25)14-7-9-23(10-8-14)13(2)24/h5-6,12,14H,7-11H2,1-2H3,(H2,20,21,22,25). The van der Waals surface area contributed by atoms with Gasteiger partial charge in [-0.1, -0.05) is 5.92 Å². The van der Waals surface area contributed by atoms with Crippen LogP contribution in [0.2, 0.25) is 0 Å². The molecular weight excluding hydrogens is 332 g/mol. The fraction of sp³-hybridized carbons (Fsp3) is 0.421. The lowest BCUT2D eigenvalue weighted by Gasteiger charge is -2.30. The largest absolute Gasteiger partial charge is 0.481 e. The third kappa shape index (κ3) is 3.97. The van der Waals surface area contributed by atoms with E-state index >= 15 is 0 Å². The molecule has 1 fully saturated rings. The maximum atomic E-state index is 12.6. The van der Waals surface area contributed by atoms with Crippen LogP contribution in [0.5, 0.6) is 5.75 Å². The number of hydrogen-bond donors (Lipinski definition) is 2. The molecule has 136 valence electrons. The van der Waals surface area contributed by atoms with Gasteiger partial charge in [-0.25, -0.2) is 0 Å². The fourth-order valence-electron chi connectivity index (χ4n) is 3.05. The molecule has 2 N–H and O–H groups in total. The van der Waals surface area contributed by atoms with Crippen LogP contribution in [0.25, 0.3) is 10.9 Å². The predicted molar refractivity (Wildman–Crippen MR) is 98.6 cm³/mol. The number of carbonyl (C=O) groups is 2. The number of likely N-dealkylation sites (tertiary alicyclic amines) is 1. The van der Waals surface area contributed by atoms with Crippen LogP contribution in [0.4, 0.5) is 5.82 Å². The Kier molecular flexibility index (Phi) is 5.42. The summed E-state index contributed by atoms with van der Waals surface area (Å²) in [5.41, 5.74) is 0.820. The van der Waals surface area contributed by atoms with E-state index in [1.165, 1.54) is 0 Å². The molecule has 1 aromatic heterocycles. The second kappa shape index (κ2) is 7.91. The van der Waals surface area contributed by atoms with Crippen molar-refractivity contribution in [3.8, 4) is 17.6 Å². The molecule has 0 spiro atoms. The molecule has 7 heteroatoms. The minimum atomic E-state index is -0.114. The van der Waals surface area contributed by atoms with Gasteiger partial charge in [-0.2, -0.15) is 5.10 Å². The molecule has 7 nitrogen and oxygen atoms in total. The maximum Gasteiger partial charge on any atom is 0.228 e. The van der Waals surface area contributed by atoms with Gasteiger partial charge in [-0.3, -0.25) is 14.7 Å². The zero-order chi connectivity index (χ0) is 18.5. The Morgan fingerprint density at radius 2 is 2.15 bits per heavy atom. The van der Waals surface area contributed by atoms with Crippen LogP contribution in [0.3, 0.4) is 0 Å². The van der Waals surface area contributed by atoms with Gasteiger partial charge in [0.05, 0.1) is 5.52 Å². The highest BCUT2D eigenvalue weighted by Crippen LogP contribution is 2.27. The summed E-state index contributed by atoms with van der Waals surface area (Å²) in [6.45, 7) is 4.87. The summed E-state index contributed by atoms with van der Waals surface area (Å²) in [5.74, 6) is 6.67. The first-order valence-electron chi connectivity index (χ1n) is 8.65. The lowest BCUT2D eigenvalue weighted by atomic mass is 9.96. The van der Waals surface area contributed by atoms with Gasteiger partial charge in [0.1, 0.15) is 12.4 Å². The molecule has 0 saturated carbocycles. The summed E-state index contributed by atoms with van der Waals surface area (Å²) in [7, 11) is 0. The summed E-state index contributed by atoms with van der Waals surface area (Å²) < 4.78 is 5.57. The predicted octanol–water partition coefficient (Wildman–Crippen LogP) is 2.16. The molecule has 0 radical (unpaired) electrons. The lowest BCUT2D eigenvalue weighted by Crippen LogP contribution is -2.40. The van der Waals surface area contributed by atoms with Crippen LogP contribution in [-0.4, -0.2) is 46.6 Å². The molecule has 2 aromatic rings. The van der Waals surface area contributed by atoms with E-state index in [1.807, 2.05) is 18.2 Å². The molecule has 2 heterocycles. The van der Waals surface area contributed by atoms with Crippen LogP contribution in [0.15, 0.2) is 18.2 Å². The first-order valence-corrected chi connectivity index (χ1v) is 8.65. The molecule has 3 rings (SSSR count). The average molecular weight is 354 g/mol. The molecule has 0 unspecified atom stereocenters. The molecule has 26 heavy (non-hydrogen) atoms. The first kappa shape index (κ1) is 17.8. The number of nitrogens with zero attached hydrogens (tertiary/aromatic N) is 2. The number of anilines is 1. The van der Waals surface area contributed by atoms with Gasteiger partial charge in [0.25, 0.3) is 0 Å². The van der Waals surface area contributed by atoms with E-state index in [0.717, 1.165) is 10.9 Å². The summed E-state index contributed by atoms with van der Waals surface area (Å²) in [4.78, 5) is 25.7. The fourth-order valence-corrected chi connectivity index (χ4v) is 3.05. The van der Waals surface area contributed by atoms with Crippen molar-refractivity contribution in [3.05, 3.63) is 18.2 Å². The van der Waals surface area contributed by atoms with Crippen LogP contribution < -0.4 is 10.1 Å². The maximum absolute atomic E-state index is 12.6. The molecule has 2 amide bonds. The number of aromatic amines is 1. The minimum Gasteiger partial charge on any atom is -0.481 e. The number of hydrogen-bond acceptors (Lipinski definition) is 4. The number of rotatable bonds is 4. The van der Waals surface area contributed by atoms with E-state index in [1.54, 1.807) is 18.7 Å². The number of nitrogens with one attached hydrogen (secondary N) is 2. The average Bonchev–Trinajstić information content (AvgIpc) is 3.04. The quantitative estimate of drug-likeness (QED) is 0.824. The molecule has 1 aromatic carbocycles. The summed E-state index contributed by atoms with van der Waals surface area (Å²) >= 11 is 0. The Morgan fingerprint density at radius 3 is 2.85 bits per heavy atom. The normalized spacial score (nSPS) is 14.6. The minimum absolute atomic E-state index is 0.0578. The van der Waals surface area contributed by atoms with E-state index in [9.17, 15) is 9.59 Å². The second-order valence-electron chi connectivity index (χ2n) is 6.26. The van der Waals surface area contributed by atoms with Crippen molar-refractivity contribution in [2.45, 2.75) is 26.7 Å². The summed E-state index contributed by atoms with van der Waals surface area (Å²) in [5, 5.41) is 10.8. The monoisotopic (exact) mass is 354 g/mol. The number of amides is 2. The highest BCUT2D eigenvalue weighted by atomic mass is 16.5. The number of fused-ring (bicyclic) bond motifs is 1. The van der Waals surface area contributed by atoms with Crippen molar-refractivity contribution in [2.24, 2.45) is 5.92 Å². The van der Waals surface area contributed by atoms with Crippen molar-refractivity contribution in [1.82, 2.24) is 15.1 Å². The Labute approximate surface area is 152 Å². The van der Waals surface area contributed by atoms with Crippen molar-refractivity contribution in [2.75, 3.05) is 25.0 Å². The van der Waals surface area contributed by atoms with E-state index in [2.05, 4.69) is 27.4 Å². The SMILES string of the molecule is CC#CCOc1ccc2[nH]nc(NC(=O)C3CCN(C(C)=O)CC3)c2c1. The van der Waals surface area contributed by atoms with Gasteiger partial charge >= 0.3 is 0 Å². The number of carbonyl (C=O) groups excluding carboxylic acids is 2. The van der Waals surface area contributed by atoms with Gasteiger partial charge in [-0.05, 0) is 38.0 Å². The van der Waals surface area contributed by atoms with Crippen molar-refractivity contribution in [3.63, 3.8) is 0 Å². The topological polar surface area (TPSA) is 87.3 Å². The number of aromatic nitrogens is 2. The third-order valence-electron chi connectivity index (χ3n) is 4.57. The van der Waals surface area contributed by atoms with E-state index < -0.39 is 0 Å². The van der Waals surface area contributed by atoms with Crippen LogP contribution >= 0.6 is 0 Å². The molecule has 1 aliphatic rings. The molecule has 1 saturated heterocycles. The molecule has 0 aliphatic carbocycles. The Bertz CT molecular complexity index is 870. The summed E-state index contributed by atoms with van der Waals surface area (Å²) in [6, 6.07) is 5.53. The Morgan fingerprint density at radius 1 is 1.38 bits per heavy atom. The number of ether oxygens (including phenoxy) is 1. The highest BCUT2D eigenvalue weighted by molar-refractivity contribution is 6.00. The lowest BCUT2D eigenvalue weighted by molar-refractivity contribution is -0.132. The number of piperidine rings is 1. The smallest absolute Gasteiger partial charge is 0.228 e. The number of benzene rings is 1. The van der Waals surface area contributed by atoms with E-state index in [4.69, 9.17) is 4.74 Å². The van der Waals surface area contributed by atoms with Gasteiger partial charge in [0, 0.05) is 31.3 Å². The van der Waals surface area contributed by atoms with Crippen molar-refractivity contribution < 1.29 is 14.3 Å². The molecule has 1 aliphatic heterocycles. The van der Waals surface area contributed by atoms with Crippen LogP contribution in [0.1, 0.15) is 26.7 Å². The van der Waals surface area contributed by atoms with Gasteiger partial charge in [-0.15, -0.1) is 5.92 Å². The number of H-pyrrole nitrogens is 1. The third-order valence-corrected chi connectivity index (χ3v) is 4.57.